The summed E-state index contributed by atoms with van der Waals surface area (Å²) in [6.07, 6.45) is 2.32. The second-order valence-electron chi connectivity index (χ2n) is 6.84. The molecule has 1 fully saturated rings. The van der Waals surface area contributed by atoms with Crippen LogP contribution in [-0.2, 0) is 13.5 Å². The van der Waals surface area contributed by atoms with Gasteiger partial charge in [0, 0.05) is 38.0 Å². The van der Waals surface area contributed by atoms with Crippen molar-refractivity contribution in [2.75, 3.05) is 18.4 Å². The number of urea groups is 1. The monoisotopic (exact) mass is 381 g/mol. The van der Waals surface area contributed by atoms with Gasteiger partial charge in [-0.15, -0.1) is 5.10 Å². The van der Waals surface area contributed by atoms with Crippen LogP contribution in [0, 0.1) is 0 Å². The number of hydrogen-bond acceptors (Lipinski definition) is 6. The summed E-state index contributed by atoms with van der Waals surface area (Å²) < 4.78 is 7.16. The third-order valence-electron chi connectivity index (χ3n) is 4.99. The normalized spacial score (nSPS) is 15.0. The number of anilines is 1. The Hall–Kier alpha value is -3.23. The van der Waals surface area contributed by atoms with Crippen LogP contribution < -0.4 is 5.32 Å². The number of nitrogens with zero attached hydrogens (tertiary/aromatic N) is 6. The Morgan fingerprint density at radius 1 is 1.21 bits per heavy atom. The highest BCUT2D eigenvalue weighted by Crippen LogP contribution is 2.28. The van der Waals surface area contributed by atoms with E-state index in [0.717, 1.165) is 30.7 Å². The van der Waals surface area contributed by atoms with Gasteiger partial charge in [-0.1, -0.05) is 42.4 Å². The SMILES string of the molecule is CCc1nc(NC(=O)N2CCC(c3nc(-c4ccccc4)no3)CC2)nn1C. The van der Waals surface area contributed by atoms with Gasteiger partial charge in [0.2, 0.25) is 17.7 Å². The van der Waals surface area contributed by atoms with Gasteiger partial charge >= 0.3 is 6.03 Å². The number of aryl methyl sites for hydroxylation is 2. The molecule has 3 aromatic rings. The molecule has 1 saturated heterocycles. The zero-order valence-electron chi connectivity index (χ0n) is 16.0. The van der Waals surface area contributed by atoms with Crippen LogP contribution in [0.15, 0.2) is 34.9 Å². The minimum atomic E-state index is -0.179. The molecule has 1 aliphatic rings. The van der Waals surface area contributed by atoms with Crippen LogP contribution in [0.25, 0.3) is 11.4 Å². The van der Waals surface area contributed by atoms with E-state index < -0.39 is 0 Å². The van der Waals surface area contributed by atoms with Gasteiger partial charge in [0.15, 0.2) is 0 Å². The summed E-state index contributed by atoms with van der Waals surface area (Å²) in [6, 6.07) is 9.58. The van der Waals surface area contributed by atoms with Crippen molar-refractivity contribution < 1.29 is 9.32 Å². The van der Waals surface area contributed by atoms with Gasteiger partial charge in [-0.3, -0.25) is 10.00 Å². The van der Waals surface area contributed by atoms with Crippen molar-refractivity contribution in [2.45, 2.75) is 32.1 Å². The van der Waals surface area contributed by atoms with Gasteiger partial charge in [-0.25, -0.2) is 4.79 Å². The Morgan fingerprint density at radius 3 is 2.64 bits per heavy atom. The van der Waals surface area contributed by atoms with E-state index in [1.54, 1.807) is 9.58 Å². The van der Waals surface area contributed by atoms with E-state index in [1.165, 1.54) is 0 Å². The topological polar surface area (TPSA) is 102 Å². The third-order valence-corrected chi connectivity index (χ3v) is 4.99. The zero-order chi connectivity index (χ0) is 19.5. The molecule has 0 radical (unpaired) electrons. The lowest BCUT2D eigenvalue weighted by Gasteiger charge is -2.29. The molecule has 1 aliphatic heterocycles. The molecule has 28 heavy (non-hydrogen) atoms. The molecule has 1 aromatic carbocycles. The highest BCUT2D eigenvalue weighted by atomic mass is 16.5. The molecule has 0 bridgehead atoms. The second kappa shape index (κ2) is 7.79. The average molecular weight is 381 g/mol. The lowest BCUT2D eigenvalue weighted by molar-refractivity contribution is 0.187. The van der Waals surface area contributed by atoms with Gasteiger partial charge in [0.25, 0.3) is 0 Å². The number of hydrogen-bond donors (Lipinski definition) is 1. The number of piperidine rings is 1. The van der Waals surface area contributed by atoms with E-state index in [9.17, 15) is 4.79 Å². The van der Waals surface area contributed by atoms with Crippen LogP contribution in [0.2, 0.25) is 0 Å². The maximum atomic E-state index is 12.5. The molecule has 9 nitrogen and oxygen atoms in total. The summed E-state index contributed by atoms with van der Waals surface area (Å²) >= 11 is 0. The van der Waals surface area contributed by atoms with E-state index in [1.807, 2.05) is 44.3 Å². The summed E-state index contributed by atoms with van der Waals surface area (Å²) in [7, 11) is 1.82. The summed E-state index contributed by atoms with van der Waals surface area (Å²) in [5, 5.41) is 11.1. The lowest BCUT2D eigenvalue weighted by Crippen LogP contribution is -2.40. The van der Waals surface area contributed by atoms with Gasteiger partial charge in [-0.2, -0.15) is 9.97 Å². The smallest absolute Gasteiger partial charge is 0.324 e. The minimum absolute atomic E-state index is 0.161. The predicted octanol–water partition coefficient (Wildman–Crippen LogP) is 2.84. The number of aromatic nitrogens is 5. The number of nitrogens with one attached hydrogen (secondary N) is 1. The fourth-order valence-corrected chi connectivity index (χ4v) is 3.39. The molecule has 9 heteroatoms. The predicted molar refractivity (Wildman–Crippen MR) is 103 cm³/mol. The van der Waals surface area contributed by atoms with E-state index in [-0.39, 0.29) is 11.9 Å². The molecular formula is C19H23N7O2. The molecule has 3 heterocycles. The molecule has 0 saturated carbocycles. The van der Waals surface area contributed by atoms with Gasteiger partial charge < -0.3 is 9.42 Å². The fourth-order valence-electron chi connectivity index (χ4n) is 3.39. The van der Waals surface area contributed by atoms with Crippen LogP contribution in [0.3, 0.4) is 0 Å². The highest BCUT2D eigenvalue weighted by molar-refractivity contribution is 5.87. The molecule has 2 aromatic heterocycles. The van der Waals surface area contributed by atoms with Crippen molar-refractivity contribution in [1.29, 1.82) is 0 Å². The first-order chi connectivity index (χ1) is 13.6. The molecule has 146 valence electrons. The largest absolute Gasteiger partial charge is 0.339 e. The molecule has 0 aliphatic carbocycles. The third kappa shape index (κ3) is 3.73. The lowest BCUT2D eigenvalue weighted by atomic mass is 9.97. The molecule has 2 amide bonds. The molecule has 1 N–H and O–H groups in total. The summed E-state index contributed by atoms with van der Waals surface area (Å²) in [5.74, 6) is 2.57. The Balaban J connectivity index is 1.34. The Labute approximate surface area is 162 Å². The van der Waals surface area contributed by atoms with Gasteiger partial charge in [0.05, 0.1) is 0 Å². The van der Waals surface area contributed by atoms with Crippen molar-refractivity contribution >= 4 is 12.0 Å². The van der Waals surface area contributed by atoms with Crippen molar-refractivity contribution in [2.24, 2.45) is 7.05 Å². The first kappa shape index (κ1) is 18.1. The number of carbonyl (C=O) groups excluding carboxylic acids is 1. The summed E-state index contributed by atoms with van der Waals surface area (Å²) in [6.45, 7) is 3.24. The maximum Gasteiger partial charge on any atom is 0.324 e. The zero-order valence-corrected chi connectivity index (χ0v) is 16.0. The van der Waals surface area contributed by atoms with Crippen molar-refractivity contribution in [1.82, 2.24) is 29.8 Å². The number of likely N-dealkylation sites (tertiary alicyclic amines) is 1. The standard InChI is InChI=1S/C19H23N7O2/c1-3-15-20-18(23-25(15)2)22-19(27)26-11-9-14(10-12-26)17-21-16(24-28-17)13-7-5-4-6-8-13/h4-8,14H,3,9-12H2,1-2H3,(H,22,23,27). The van der Waals surface area contributed by atoms with E-state index in [2.05, 4.69) is 25.5 Å². The molecular weight excluding hydrogens is 358 g/mol. The van der Waals surface area contributed by atoms with E-state index in [4.69, 9.17) is 4.52 Å². The summed E-state index contributed by atoms with van der Waals surface area (Å²) in [5.41, 5.74) is 0.934. The average Bonchev–Trinajstić information content (AvgIpc) is 3.35. The van der Waals surface area contributed by atoms with Gasteiger partial charge in [0.1, 0.15) is 5.82 Å². The van der Waals surface area contributed by atoms with Crippen molar-refractivity contribution in [3.8, 4) is 11.4 Å². The minimum Gasteiger partial charge on any atom is -0.339 e. The molecule has 0 unspecified atom stereocenters. The highest BCUT2D eigenvalue weighted by Gasteiger charge is 2.28. The van der Waals surface area contributed by atoms with Crippen LogP contribution in [0.4, 0.5) is 10.7 Å². The number of amides is 2. The molecule has 0 spiro atoms. The molecule has 4 rings (SSSR count). The number of carbonyl (C=O) groups is 1. The van der Waals surface area contributed by atoms with Crippen LogP contribution in [-0.4, -0.2) is 48.9 Å². The number of benzene rings is 1. The van der Waals surface area contributed by atoms with Crippen molar-refractivity contribution in [3.63, 3.8) is 0 Å². The first-order valence-electron chi connectivity index (χ1n) is 9.49. The Kier molecular flexibility index (Phi) is 5.05. The fraction of sp³-hybridized carbons (Fsp3) is 0.421. The van der Waals surface area contributed by atoms with E-state index >= 15 is 0 Å². The van der Waals surface area contributed by atoms with Crippen LogP contribution in [0.5, 0.6) is 0 Å². The Morgan fingerprint density at radius 2 is 1.96 bits per heavy atom. The Bertz CT molecular complexity index is 942. The maximum absolute atomic E-state index is 12.5. The quantitative estimate of drug-likeness (QED) is 0.745. The van der Waals surface area contributed by atoms with Gasteiger partial charge in [-0.05, 0) is 12.8 Å². The summed E-state index contributed by atoms with van der Waals surface area (Å²) in [4.78, 5) is 23.1. The van der Waals surface area contributed by atoms with Crippen LogP contribution in [0.1, 0.15) is 37.4 Å². The van der Waals surface area contributed by atoms with E-state index in [0.29, 0.717) is 30.8 Å². The number of rotatable bonds is 4. The molecule has 0 atom stereocenters. The van der Waals surface area contributed by atoms with Crippen LogP contribution >= 0.6 is 0 Å². The first-order valence-corrected chi connectivity index (χ1v) is 9.49. The second-order valence-corrected chi connectivity index (χ2v) is 6.84. The van der Waals surface area contributed by atoms with Crippen molar-refractivity contribution in [3.05, 3.63) is 42.0 Å².